The summed E-state index contributed by atoms with van der Waals surface area (Å²) in [5.41, 5.74) is 0. The van der Waals surface area contributed by atoms with Gasteiger partial charge in [0.15, 0.2) is 0 Å². The molecule has 0 amide bonds. The maximum Gasteiger partial charge on any atom is 0.305 e. The lowest BCUT2D eigenvalue weighted by atomic mass is 9.91. The van der Waals surface area contributed by atoms with Crippen LogP contribution in [0.3, 0.4) is 0 Å². The molecule has 38 heavy (non-hydrogen) atoms. The summed E-state index contributed by atoms with van der Waals surface area (Å²) in [6.45, 7) is 5.97. The van der Waals surface area contributed by atoms with E-state index in [2.05, 4.69) is 25.9 Å². The minimum atomic E-state index is -0.0216. The standard InChI is InChI=1S/C35H69NO2/c1-5-7-8-9-10-14-19-24-32(29-30-36(3)4)25-20-15-11-12-16-21-26-33-31-34(33)27-22-17-13-18-23-28-35(37)38-6-2/h32-34H,5-31H2,1-4H3. The fourth-order valence-corrected chi connectivity index (χ4v) is 6.27. The number of esters is 1. The van der Waals surface area contributed by atoms with Gasteiger partial charge in [-0.2, -0.15) is 0 Å². The van der Waals surface area contributed by atoms with Gasteiger partial charge in [-0.3, -0.25) is 4.79 Å². The summed E-state index contributed by atoms with van der Waals surface area (Å²) in [4.78, 5) is 13.7. The second-order valence-electron chi connectivity index (χ2n) is 12.9. The van der Waals surface area contributed by atoms with Gasteiger partial charge < -0.3 is 9.64 Å². The van der Waals surface area contributed by atoms with E-state index >= 15 is 0 Å². The first kappa shape index (κ1) is 35.5. The van der Waals surface area contributed by atoms with Crippen LogP contribution < -0.4 is 0 Å². The molecule has 1 saturated carbocycles. The molecule has 3 heteroatoms. The second-order valence-corrected chi connectivity index (χ2v) is 12.9. The second kappa shape index (κ2) is 25.4. The highest BCUT2D eigenvalue weighted by Crippen LogP contribution is 2.45. The van der Waals surface area contributed by atoms with Crippen LogP contribution in [0.5, 0.6) is 0 Å². The largest absolute Gasteiger partial charge is 0.466 e. The lowest BCUT2D eigenvalue weighted by Gasteiger charge is -2.19. The first-order valence-electron chi connectivity index (χ1n) is 17.4. The quantitative estimate of drug-likeness (QED) is 0.0704. The minimum Gasteiger partial charge on any atom is -0.466 e. The van der Waals surface area contributed by atoms with E-state index in [1.165, 1.54) is 154 Å². The van der Waals surface area contributed by atoms with E-state index in [1.54, 1.807) is 0 Å². The minimum absolute atomic E-state index is 0.0216. The van der Waals surface area contributed by atoms with Crippen LogP contribution in [-0.2, 0) is 9.53 Å². The molecule has 0 aromatic carbocycles. The van der Waals surface area contributed by atoms with Crippen LogP contribution >= 0.6 is 0 Å². The molecule has 3 atom stereocenters. The van der Waals surface area contributed by atoms with E-state index < -0.39 is 0 Å². The van der Waals surface area contributed by atoms with Gasteiger partial charge in [0.25, 0.3) is 0 Å². The normalized spacial score (nSPS) is 17.7. The third-order valence-corrected chi connectivity index (χ3v) is 8.97. The number of unbranched alkanes of at least 4 members (excludes halogenated alkanes) is 15. The monoisotopic (exact) mass is 536 g/mol. The molecule has 0 aliphatic heterocycles. The van der Waals surface area contributed by atoms with Crippen LogP contribution in [0.25, 0.3) is 0 Å². The van der Waals surface area contributed by atoms with Crippen LogP contribution in [-0.4, -0.2) is 38.1 Å². The summed E-state index contributed by atoms with van der Waals surface area (Å²) in [7, 11) is 4.46. The van der Waals surface area contributed by atoms with Gasteiger partial charge in [0, 0.05) is 6.42 Å². The van der Waals surface area contributed by atoms with Gasteiger partial charge in [-0.1, -0.05) is 142 Å². The Kier molecular flexibility index (Phi) is 23.7. The van der Waals surface area contributed by atoms with Crippen LogP contribution in [0.1, 0.15) is 174 Å². The van der Waals surface area contributed by atoms with Crippen LogP contribution in [0.15, 0.2) is 0 Å². The zero-order valence-electron chi connectivity index (χ0n) is 26.6. The van der Waals surface area contributed by atoms with Crippen LogP contribution in [0.4, 0.5) is 0 Å². The van der Waals surface area contributed by atoms with E-state index in [0.29, 0.717) is 13.0 Å². The van der Waals surface area contributed by atoms with Crippen molar-refractivity contribution in [1.82, 2.24) is 4.90 Å². The molecule has 0 saturated heterocycles. The molecule has 0 bridgehead atoms. The summed E-state index contributed by atoms with van der Waals surface area (Å²) in [6, 6.07) is 0. The number of carbonyl (C=O) groups is 1. The Bertz CT molecular complexity index is 520. The summed E-state index contributed by atoms with van der Waals surface area (Å²) >= 11 is 0. The number of hydrogen-bond acceptors (Lipinski definition) is 3. The maximum atomic E-state index is 11.4. The van der Waals surface area contributed by atoms with Crippen molar-refractivity contribution in [2.45, 2.75) is 174 Å². The van der Waals surface area contributed by atoms with Gasteiger partial charge in [-0.05, 0) is 64.6 Å². The van der Waals surface area contributed by atoms with E-state index in [9.17, 15) is 4.79 Å². The molecule has 0 radical (unpaired) electrons. The van der Waals surface area contributed by atoms with Crippen molar-refractivity contribution in [3.05, 3.63) is 0 Å². The Hall–Kier alpha value is -0.570. The summed E-state index contributed by atoms with van der Waals surface area (Å²) < 4.78 is 4.99. The highest BCUT2D eigenvalue weighted by Gasteiger charge is 2.34. The van der Waals surface area contributed by atoms with Gasteiger partial charge in [0.2, 0.25) is 0 Å². The molecule has 226 valence electrons. The Morgan fingerprint density at radius 1 is 0.658 bits per heavy atom. The Balaban J connectivity index is 1.91. The number of carbonyl (C=O) groups excluding carboxylic acids is 1. The summed E-state index contributed by atoms with van der Waals surface area (Å²) in [5, 5.41) is 0. The molecule has 3 unspecified atom stereocenters. The zero-order chi connectivity index (χ0) is 27.7. The molecule has 0 spiro atoms. The SMILES string of the molecule is CCCCCCCCCC(CCCCCCCCC1CC1CCCCCCCC(=O)OCC)CCN(C)C. The highest BCUT2D eigenvalue weighted by atomic mass is 16.5. The van der Waals surface area contributed by atoms with Crippen molar-refractivity contribution in [1.29, 1.82) is 0 Å². The molecule has 0 N–H and O–H groups in total. The van der Waals surface area contributed by atoms with E-state index in [-0.39, 0.29) is 5.97 Å². The first-order chi connectivity index (χ1) is 18.6. The average Bonchev–Trinajstić information content (AvgIpc) is 3.65. The Labute approximate surface area is 239 Å². The van der Waals surface area contributed by atoms with Crippen LogP contribution in [0, 0.1) is 17.8 Å². The lowest BCUT2D eigenvalue weighted by Crippen LogP contribution is -2.17. The first-order valence-corrected chi connectivity index (χ1v) is 17.4. The third kappa shape index (κ3) is 22.3. The molecular weight excluding hydrogens is 466 g/mol. The Morgan fingerprint density at radius 2 is 1.13 bits per heavy atom. The fourth-order valence-electron chi connectivity index (χ4n) is 6.27. The number of nitrogens with zero attached hydrogens (tertiary/aromatic N) is 1. The molecule has 0 heterocycles. The van der Waals surface area contributed by atoms with E-state index in [1.807, 2.05) is 6.92 Å². The molecule has 1 aliphatic rings. The smallest absolute Gasteiger partial charge is 0.305 e. The van der Waals surface area contributed by atoms with Crippen molar-refractivity contribution in [3.8, 4) is 0 Å². The van der Waals surface area contributed by atoms with Crippen molar-refractivity contribution in [3.63, 3.8) is 0 Å². The van der Waals surface area contributed by atoms with Gasteiger partial charge >= 0.3 is 5.97 Å². The van der Waals surface area contributed by atoms with Crippen molar-refractivity contribution < 1.29 is 9.53 Å². The maximum absolute atomic E-state index is 11.4. The van der Waals surface area contributed by atoms with Gasteiger partial charge in [-0.15, -0.1) is 0 Å². The molecule has 1 fully saturated rings. The highest BCUT2D eigenvalue weighted by molar-refractivity contribution is 5.69. The molecule has 3 nitrogen and oxygen atoms in total. The third-order valence-electron chi connectivity index (χ3n) is 8.97. The Morgan fingerprint density at radius 3 is 1.63 bits per heavy atom. The zero-order valence-corrected chi connectivity index (χ0v) is 26.6. The molecule has 0 aromatic heterocycles. The van der Waals surface area contributed by atoms with E-state index in [4.69, 9.17) is 4.74 Å². The van der Waals surface area contributed by atoms with Gasteiger partial charge in [-0.25, -0.2) is 0 Å². The summed E-state index contributed by atoms with van der Waals surface area (Å²) in [5.74, 6) is 3.05. The van der Waals surface area contributed by atoms with Gasteiger partial charge in [0.1, 0.15) is 0 Å². The summed E-state index contributed by atoms with van der Waals surface area (Å²) in [6.07, 6.45) is 34.5. The topological polar surface area (TPSA) is 29.5 Å². The van der Waals surface area contributed by atoms with Crippen molar-refractivity contribution in [2.24, 2.45) is 17.8 Å². The number of rotatable bonds is 29. The average molecular weight is 536 g/mol. The van der Waals surface area contributed by atoms with Crippen LogP contribution in [0.2, 0.25) is 0 Å². The predicted molar refractivity (Wildman–Crippen MR) is 167 cm³/mol. The lowest BCUT2D eigenvalue weighted by molar-refractivity contribution is -0.143. The van der Waals surface area contributed by atoms with Crippen molar-refractivity contribution in [2.75, 3.05) is 27.2 Å². The molecule has 0 aromatic rings. The molecule has 1 aliphatic carbocycles. The number of ether oxygens (including phenoxy) is 1. The van der Waals surface area contributed by atoms with E-state index in [0.717, 1.165) is 24.2 Å². The molecule has 1 rings (SSSR count). The van der Waals surface area contributed by atoms with Crippen molar-refractivity contribution >= 4 is 5.97 Å². The fraction of sp³-hybridized carbons (Fsp3) is 0.971. The number of hydrogen-bond donors (Lipinski definition) is 0. The molecular formula is C35H69NO2. The predicted octanol–water partition coefficient (Wildman–Crippen LogP) is 10.7. The van der Waals surface area contributed by atoms with Gasteiger partial charge in [0.05, 0.1) is 6.61 Å².